The number of hydrogen-bond acceptors (Lipinski definition) is 15. The van der Waals surface area contributed by atoms with Crippen LogP contribution < -0.4 is 10.6 Å². The second-order valence-electron chi connectivity index (χ2n) is 29.1. The van der Waals surface area contributed by atoms with Gasteiger partial charge < -0.3 is 54.2 Å². The molecule has 0 saturated carbocycles. The van der Waals surface area contributed by atoms with E-state index in [0.717, 1.165) is 27.2 Å². The summed E-state index contributed by atoms with van der Waals surface area (Å²) in [7, 11) is 8.84. The number of Topliss-reactive ketones (excluding diaryl/α,β-unsaturated/α-hetero) is 2. The Morgan fingerprint density at radius 3 is 1.48 bits per heavy atom. The maximum Gasteiger partial charge on any atom is 0.407 e. The van der Waals surface area contributed by atoms with Crippen LogP contribution in [0.5, 0.6) is 0 Å². The zero-order valence-corrected chi connectivity index (χ0v) is 63.5. The fourth-order valence-electron chi connectivity index (χ4n) is 12.8. The second kappa shape index (κ2) is 39.7. The monoisotopic (exact) mass is 1380 g/mol. The number of rotatable bonds is 39. The Balaban J connectivity index is 1.87. The summed E-state index contributed by atoms with van der Waals surface area (Å²) in [6.45, 7) is 29.3. The Morgan fingerprint density at radius 1 is 0.535 bits per heavy atom. The molecule has 0 saturated heterocycles. The predicted molar refractivity (Wildman–Crippen MR) is 381 cm³/mol. The van der Waals surface area contributed by atoms with Crippen molar-refractivity contribution >= 4 is 70.9 Å². The van der Waals surface area contributed by atoms with Crippen LogP contribution in [0.3, 0.4) is 0 Å². The number of allylic oxidation sites excluding steroid dienone is 2. The summed E-state index contributed by atoms with van der Waals surface area (Å²) in [4.78, 5) is 177. The maximum absolute atomic E-state index is 15.3. The van der Waals surface area contributed by atoms with Gasteiger partial charge in [0.15, 0.2) is 5.78 Å². The van der Waals surface area contributed by atoms with E-state index in [-0.39, 0.29) is 99.4 Å². The second-order valence-corrected chi connectivity index (χ2v) is 29.1. The first kappa shape index (κ1) is 85.2. The van der Waals surface area contributed by atoms with Crippen LogP contribution in [0.2, 0.25) is 0 Å². The number of ketones is 2. The van der Waals surface area contributed by atoms with Gasteiger partial charge in [0.25, 0.3) is 0 Å². The number of carbonyl (C=O) groups excluding carboxylic acids is 12. The van der Waals surface area contributed by atoms with Gasteiger partial charge in [-0.15, -0.1) is 0 Å². The molecule has 0 aromatic heterocycles. The first-order chi connectivity index (χ1) is 46.2. The van der Waals surface area contributed by atoms with Crippen molar-refractivity contribution < 1.29 is 71.7 Å². The van der Waals surface area contributed by atoms with E-state index in [2.05, 4.69) is 10.6 Å². The van der Waals surface area contributed by atoms with E-state index in [1.165, 1.54) is 73.6 Å². The Labute approximate surface area is 589 Å². The number of fused-ring (bicyclic) bond motifs is 3. The number of hydrogen-bond donors (Lipinski definition) is 2. The zero-order valence-electron chi connectivity index (χ0n) is 63.5. The minimum absolute atomic E-state index is 0.0410. The van der Waals surface area contributed by atoms with Crippen LogP contribution in [0.15, 0.2) is 60.7 Å². The minimum Gasteiger partial charge on any atom is -0.462 e. The highest BCUT2D eigenvalue weighted by Gasteiger charge is 2.47. The van der Waals surface area contributed by atoms with Crippen LogP contribution in [0.25, 0.3) is 11.1 Å². The van der Waals surface area contributed by atoms with Crippen molar-refractivity contribution in [2.75, 3.05) is 62.0 Å². The summed E-state index contributed by atoms with van der Waals surface area (Å²) in [5.41, 5.74) is 4.22. The number of likely N-dealkylation sites (N-methyl/N-ethyl adjacent to an activating group) is 6. The Bertz CT molecular complexity index is 3100. The number of nitrogens with one attached hydrogen (secondary N) is 2. The van der Waals surface area contributed by atoms with E-state index in [1.807, 2.05) is 96.1 Å². The number of esters is 2. The third-order valence-electron chi connectivity index (χ3n) is 18.8. The molecule has 2 aromatic rings. The molecule has 99 heavy (non-hydrogen) atoms. The quantitative estimate of drug-likeness (QED) is 0.0359. The first-order valence-electron chi connectivity index (χ1n) is 35.2. The van der Waals surface area contributed by atoms with Gasteiger partial charge in [-0.1, -0.05) is 158 Å². The molecule has 2 N–H and O–H groups in total. The van der Waals surface area contributed by atoms with Crippen LogP contribution >= 0.6 is 0 Å². The third-order valence-corrected chi connectivity index (χ3v) is 18.8. The molecule has 0 fully saturated rings. The number of benzene rings is 2. The average molecular weight is 1380 g/mol. The summed E-state index contributed by atoms with van der Waals surface area (Å²) in [6.07, 6.45) is 2.04. The van der Waals surface area contributed by atoms with Crippen LogP contribution in [0, 0.1) is 47.3 Å². The van der Waals surface area contributed by atoms with E-state index in [4.69, 9.17) is 14.2 Å². The molecule has 552 valence electrons. The van der Waals surface area contributed by atoms with Gasteiger partial charge in [-0.25, -0.2) is 9.59 Å². The molecular formula is C76H118N8O15. The topological polar surface area (TPSA) is 276 Å². The van der Waals surface area contributed by atoms with E-state index >= 15 is 14.4 Å². The van der Waals surface area contributed by atoms with Gasteiger partial charge in [-0.05, 0) is 96.8 Å². The molecule has 2 aromatic carbocycles. The number of alkyl carbamates (subject to hydrolysis) is 1. The van der Waals surface area contributed by atoms with Crippen LogP contribution in [-0.4, -0.2) is 211 Å². The van der Waals surface area contributed by atoms with Crippen molar-refractivity contribution in [1.82, 2.24) is 40.0 Å². The molecule has 8 amide bonds. The largest absolute Gasteiger partial charge is 0.462 e. The lowest BCUT2D eigenvalue weighted by Gasteiger charge is -2.42. The van der Waals surface area contributed by atoms with Gasteiger partial charge in [0.1, 0.15) is 61.4 Å². The van der Waals surface area contributed by atoms with Gasteiger partial charge in [-0.3, -0.25) is 47.9 Å². The van der Waals surface area contributed by atoms with Gasteiger partial charge in [0.05, 0.1) is 12.6 Å². The molecule has 11 atom stereocenters. The molecule has 1 aliphatic rings. The molecule has 1 aliphatic carbocycles. The molecule has 0 unspecified atom stereocenters. The van der Waals surface area contributed by atoms with Crippen molar-refractivity contribution in [3.8, 4) is 11.1 Å². The lowest BCUT2D eigenvalue weighted by molar-refractivity contribution is -0.164. The molecule has 23 nitrogen and oxygen atoms in total. The highest BCUT2D eigenvalue weighted by Crippen LogP contribution is 2.44. The highest BCUT2D eigenvalue weighted by atomic mass is 16.6. The molecule has 0 aliphatic heterocycles. The Hall–Kier alpha value is -7.98. The van der Waals surface area contributed by atoms with Crippen LogP contribution in [0.1, 0.15) is 180 Å². The van der Waals surface area contributed by atoms with Gasteiger partial charge in [0, 0.05) is 86.7 Å². The van der Waals surface area contributed by atoms with Gasteiger partial charge in [0.2, 0.25) is 41.4 Å². The molecule has 0 bridgehead atoms. The lowest BCUT2D eigenvalue weighted by atomic mass is 9.88. The number of amides is 8. The van der Waals surface area contributed by atoms with Gasteiger partial charge >= 0.3 is 18.0 Å². The van der Waals surface area contributed by atoms with Crippen molar-refractivity contribution in [1.29, 1.82) is 0 Å². The summed E-state index contributed by atoms with van der Waals surface area (Å²) < 4.78 is 17.1. The smallest absolute Gasteiger partial charge is 0.407 e. The van der Waals surface area contributed by atoms with Gasteiger partial charge in [-0.2, -0.15) is 0 Å². The summed E-state index contributed by atoms with van der Waals surface area (Å²) >= 11 is 0. The fraction of sp³-hybridized carbons (Fsp3) is 0.658. The normalized spacial score (nSPS) is 15.4. The average Bonchev–Trinajstić information content (AvgIpc) is 1.66. The minimum atomic E-state index is -1.55. The molecule has 0 radical (unpaired) electrons. The van der Waals surface area contributed by atoms with Crippen LogP contribution in [0.4, 0.5) is 4.79 Å². The summed E-state index contributed by atoms with van der Waals surface area (Å²) in [5, 5.41) is 5.49. The molecule has 3 rings (SSSR count). The summed E-state index contributed by atoms with van der Waals surface area (Å²) in [6, 6.07) is 7.60. The first-order valence-corrected chi connectivity index (χ1v) is 35.2. The van der Waals surface area contributed by atoms with E-state index in [9.17, 15) is 43.2 Å². The Kier molecular flexibility index (Phi) is 34.2. The predicted octanol–water partition coefficient (Wildman–Crippen LogP) is 9.12. The van der Waals surface area contributed by atoms with Crippen molar-refractivity contribution in [3.05, 3.63) is 71.8 Å². The fourth-order valence-corrected chi connectivity index (χ4v) is 12.8. The highest BCUT2D eigenvalue weighted by molar-refractivity contribution is 5.98. The van der Waals surface area contributed by atoms with Crippen molar-refractivity contribution in [2.45, 2.75) is 217 Å². The van der Waals surface area contributed by atoms with Crippen molar-refractivity contribution in [2.24, 2.45) is 47.3 Å². The third kappa shape index (κ3) is 23.8. The van der Waals surface area contributed by atoms with E-state index in [0.29, 0.717) is 6.42 Å². The summed E-state index contributed by atoms with van der Waals surface area (Å²) in [5.74, 6) is -10.2. The molecule has 0 spiro atoms. The lowest BCUT2D eigenvalue weighted by Crippen LogP contribution is -2.63. The number of ether oxygens (including phenoxy) is 3. The number of nitrogens with zero attached hydrogens (tertiary/aromatic N) is 6. The number of carbonyl (C=O) groups is 12. The molecular weight excluding hydrogens is 1260 g/mol. The standard InChI is InChI=1S/C76H118N8O15/c1-24-26-31-49(13)68(99-53(17)86)67(69(89)77-59(25-2)75(95)97-37-36-79(18)52(16)85)84(23)74(94)66(48(11)12)83(22)72(92)62(40-46(7)8)82(21)71(91)61(39-45(5)6)81(20)70(90)51(15)42-63(87)50(14)41-64(88)60(38-44(3)4)80(19)73(93)65(47(9)10)78-76(96)98-43-58-56-34-29-27-32-54(56)55-33-28-30-35-57(55)58/h24,26-30,32-35,44-51,58-62,65-68H,25,31,36-43H2,1-23H3,(H,77,89)(H,78,96)/b26-24+/t49-,50-,51+,59+,60+,61+,62+,65+,66+,67+,68-/m1/s1. The van der Waals surface area contributed by atoms with E-state index < -0.39 is 131 Å². The Morgan fingerprint density at radius 2 is 1.01 bits per heavy atom. The van der Waals surface area contributed by atoms with Crippen molar-refractivity contribution in [3.63, 3.8) is 0 Å². The van der Waals surface area contributed by atoms with E-state index in [1.54, 1.807) is 75.4 Å². The molecule has 0 heterocycles. The van der Waals surface area contributed by atoms with Crippen LogP contribution in [-0.2, 0) is 67.0 Å². The maximum atomic E-state index is 15.3. The molecule has 23 heteroatoms. The SMILES string of the molecule is C/C=C/C[C@@H](C)[C@@H](OC(C)=O)[C@@H](C(=O)N[C@@H](CC)C(=O)OCCN(C)C(C)=O)N(C)C(=O)[C@H](C(C)C)N(C)C(=O)[C@H](CC(C)C)N(C)C(=O)[C@H](CC(C)C)N(C)C(=O)[C@@H](C)CC(=O)[C@H](C)CC(=O)[C@H](CC(C)C)N(C)C(=O)[C@@H](NC(=O)OCC1c2ccccc2-c2ccccc21)C(C)C. The zero-order chi connectivity index (χ0) is 75.2.